The monoisotopic (exact) mass is 488 g/mol. The third kappa shape index (κ3) is 5.28. The molecule has 35 heavy (non-hydrogen) atoms. The molecule has 2 atom stereocenters. The molecule has 6 nitrogen and oxygen atoms in total. The minimum atomic E-state index is -4.42. The molecular formula is C26H31F3N4O2. The van der Waals surface area contributed by atoms with Gasteiger partial charge in [-0.3, -0.25) is 9.59 Å². The van der Waals surface area contributed by atoms with Crippen LogP contribution in [0.3, 0.4) is 0 Å². The second kappa shape index (κ2) is 9.87. The number of piperazine rings is 1. The normalized spacial score (nSPS) is 23.0. The van der Waals surface area contributed by atoms with Gasteiger partial charge >= 0.3 is 6.18 Å². The maximum Gasteiger partial charge on any atom is 0.416 e. The van der Waals surface area contributed by atoms with E-state index in [2.05, 4.69) is 10.3 Å². The Bertz CT molecular complexity index is 1050. The molecule has 1 aliphatic heterocycles. The van der Waals surface area contributed by atoms with Crippen LogP contribution in [0.15, 0.2) is 48.7 Å². The van der Waals surface area contributed by atoms with Crippen LogP contribution in [-0.4, -0.2) is 53.9 Å². The number of hydrogen-bond acceptors (Lipinski definition) is 4. The first kappa shape index (κ1) is 25.0. The minimum Gasteiger partial charge on any atom is -0.353 e. The molecule has 1 saturated carbocycles. The second-order valence-electron chi connectivity index (χ2n) is 9.77. The molecule has 9 heteroatoms. The summed E-state index contributed by atoms with van der Waals surface area (Å²) in [6.07, 6.45) is -1.24. The Hall–Kier alpha value is -3.10. The van der Waals surface area contributed by atoms with Gasteiger partial charge in [0.25, 0.3) is 5.91 Å². The molecule has 2 heterocycles. The van der Waals surface area contributed by atoms with E-state index >= 15 is 0 Å². The van der Waals surface area contributed by atoms with Gasteiger partial charge in [0.1, 0.15) is 5.82 Å². The van der Waals surface area contributed by atoms with E-state index in [0.717, 1.165) is 18.6 Å². The van der Waals surface area contributed by atoms with Gasteiger partial charge in [0.05, 0.1) is 11.0 Å². The molecule has 0 radical (unpaired) electrons. The van der Waals surface area contributed by atoms with Crippen LogP contribution in [0.25, 0.3) is 0 Å². The number of carbonyl (C=O) groups is 2. The summed E-state index contributed by atoms with van der Waals surface area (Å²) < 4.78 is 39.2. The Morgan fingerprint density at radius 3 is 2.40 bits per heavy atom. The Balaban J connectivity index is 1.39. The number of hydrogen-bond donors (Lipinski definition) is 1. The van der Waals surface area contributed by atoms with Crippen LogP contribution in [-0.2, 0) is 11.0 Å². The van der Waals surface area contributed by atoms with Crippen molar-refractivity contribution in [2.24, 2.45) is 11.3 Å². The number of rotatable bonds is 5. The number of pyridine rings is 1. The van der Waals surface area contributed by atoms with Crippen LogP contribution in [0, 0.1) is 11.3 Å². The molecule has 2 aliphatic rings. The van der Waals surface area contributed by atoms with Gasteiger partial charge in [-0.2, -0.15) is 13.2 Å². The molecule has 188 valence electrons. The Morgan fingerprint density at radius 2 is 1.77 bits per heavy atom. The van der Waals surface area contributed by atoms with Crippen LogP contribution in [0.2, 0.25) is 0 Å². The molecular weight excluding hydrogens is 457 g/mol. The number of alkyl halides is 3. The van der Waals surface area contributed by atoms with Gasteiger partial charge in [-0.25, -0.2) is 4.98 Å². The van der Waals surface area contributed by atoms with E-state index in [0.29, 0.717) is 44.6 Å². The number of nitrogens with zero attached hydrogens (tertiary/aromatic N) is 3. The molecule has 1 aromatic carbocycles. The first-order valence-corrected chi connectivity index (χ1v) is 12.0. The lowest BCUT2D eigenvalue weighted by molar-refractivity contribution is -0.145. The SMILES string of the molecule is CC(C)C1(C(=O)N2CCN(c3cc(C(F)(F)F)ccn3)CC2)CCC(NC(=O)c2ccccc2)C1. The molecule has 2 aromatic rings. The van der Waals surface area contributed by atoms with Gasteiger partial charge in [-0.15, -0.1) is 0 Å². The molecule has 2 fully saturated rings. The van der Waals surface area contributed by atoms with Gasteiger partial charge in [0.15, 0.2) is 0 Å². The van der Waals surface area contributed by atoms with Crippen molar-refractivity contribution >= 4 is 17.6 Å². The second-order valence-corrected chi connectivity index (χ2v) is 9.77. The average molecular weight is 489 g/mol. The fourth-order valence-electron chi connectivity index (χ4n) is 5.24. The lowest BCUT2D eigenvalue weighted by Crippen LogP contribution is -2.54. The van der Waals surface area contributed by atoms with Gasteiger partial charge in [0.2, 0.25) is 5.91 Å². The summed E-state index contributed by atoms with van der Waals surface area (Å²) in [5, 5.41) is 3.09. The highest BCUT2D eigenvalue weighted by Crippen LogP contribution is 2.46. The van der Waals surface area contributed by atoms with E-state index in [1.807, 2.05) is 36.9 Å². The summed E-state index contributed by atoms with van der Waals surface area (Å²) in [5.41, 5.74) is -0.694. The van der Waals surface area contributed by atoms with Crippen molar-refractivity contribution in [2.45, 2.75) is 45.3 Å². The number of aromatic nitrogens is 1. The largest absolute Gasteiger partial charge is 0.416 e. The summed E-state index contributed by atoms with van der Waals surface area (Å²) in [4.78, 5) is 34.1. The van der Waals surface area contributed by atoms with Crippen LogP contribution in [0.1, 0.15) is 49.0 Å². The fraction of sp³-hybridized carbons (Fsp3) is 0.500. The molecule has 1 saturated heterocycles. The summed E-state index contributed by atoms with van der Waals surface area (Å²) in [6.45, 7) is 5.77. The van der Waals surface area contributed by atoms with Crippen molar-refractivity contribution in [3.8, 4) is 0 Å². The van der Waals surface area contributed by atoms with Crippen LogP contribution < -0.4 is 10.2 Å². The van der Waals surface area contributed by atoms with E-state index in [4.69, 9.17) is 0 Å². The number of carbonyl (C=O) groups excluding carboxylic acids is 2. The summed E-state index contributed by atoms with van der Waals surface area (Å²) >= 11 is 0. The van der Waals surface area contributed by atoms with E-state index in [1.165, 1.54) is 6.20 Å². The van der Waals surface area contributed by atoms with Crippen LogP contribution >= 0.6 is 0 Å². The number of anilines is 1. The highest BCUT2D eigenvalue weighted by Gasteiger charge is 2.49. The van der Waals surface area contributed by atoms with Crippen molar-refractivity contribution in [3.63, 3.8) is 0 Å². The first-order chi connectivity index (χ1) is 16.6. The Kier molecular flexibility index (Phi) is 7.05. The van der Waals surface area contributed by atoms with E-state index in [-0.39, 0.29) is 29.6 Å². The maximum atomic E-state index is 13.7. The van der Waals surface area contributed by atoms with Gasteiger partial charge in [0, 0.05) is 44.0 Å². The lowest BCUT2D eigenvalue weighted by Gasteiger charge is -2.42. The quantitative estimate of drug-likeness (QED) is 0.679. The van der Waals surface area contributed by atoms with Crippen molar-refractivity contribution in [1.82, 2.24) is 15.2 Å². The van der Waals surface area contributed by atoms with Gasteiger partial charge < -0.3 is 15.1 Å². The lowest BCUT2D eigenvalue weighted by atomic mass is 9.74. The topological polar surface area (TPSA) is 65.5 Å². The number of benzene rings is 1. The zero-order valence-corrected chi connectivity index (χ0v) is 20.0. The third-order valence-electron chi connectivity index (χ3n) is 7.42. The molecule has 0 bridgehead atoms. The Morgan fingerprint density at radius 1 is 1.09 bits per heavy atom. The van der Waals surface area contributed by atoms with Crippen molar-refractivity contribution in [1.29, 1.82) is 0 Å². The predicted molar refractivity (Wildman–Crippen MR) is 127 cm³/mol. The van der Waals surface area contributed by atoms with E-state index in [1.54, 1.807) is 17.0 Å². The summed E-state index contributed by atoms with van der Waals surface area (Å²) in [5.74, 6) is 0.303. The molecule has 2 amide bonds. The minimum absolute atomic E-state index is 0.0700. The predicted octanol–water partition coefficient (Wildman–Crippen LogP) is 4.37. The maximum absolute atomic E-state index is 13.7. The molecule has 1 aromatic heterocycles. The average Bonchev–Trinajstić information content (AvgIpc) is 3.29. The van der Waals surface area contributed by atoms with Crippen molar-refractivity contribution < 1.29 is 22.8 Å². The van der Waals surface area contributed by atoms with Crippen LogP contribution in [0.4, 0.5) is 19.0 Å². The van der Waals surface area contributed by atoms with Crippen molar-refractivity contribution in [3.05, 3.63) is 59.8 Å². The smallest absolute Gasteiger partial charge is 0.353 e. The highest BCUT2D eigenvalue weighted by atomic mass is 19.4. The fourth-order valence-corrected chi connectivity index (χ4v) is 5.24. The summed E-state index contributed by atoms with van der Waals surface area (Å²) in [6, 6.07) is 11.0. The molecule has 1 aliphatic carbocycles. The van der Waals surface area contributed by atoms with E-state index in [9.17, 15) is 22.8 Å². The third-order valence-corrected chi connectivity index (χ3v) is 7.42. The number of halogens is 3. The van der Waals surface area contributed by atoms with E-state index < -0.39 is 17.2 Å². The molecule has 2 unspecified atom stereocenters. The first-order valence-electron chi connectivity index (χ1n) is 12.0. The van der Waals surface area contributed by atoms with Crippen LogP contribution in [0.5, 0.6) is 0 Å². The highest BCUT2D eigenvalue weighted by molar-refractivity contribution is 5.94. The molecule has 0 spiro atoms. The van der Waals surface area contributed by atoms with Crippen molar-refractivity contribution in [2.75, 3.05) is 31.1 Å². The molecule has 1 N–H and O–H groups in total. The van der Waals surface area contributed by atoms with Gasteiger partial charge in [-0.05, 0) is 49.4 Å². The zero-order valence-electron chi connectivity index (χ0n) is 20.0. The Labute approximate surface area is 203 Å². The summed E-state index contributed by atoms with van der Waals surface area (Å²) in [7, 11) is 0. The van der Waals surface area contributed by atoms with Gasteiger partial charge in [-0.1, -0.05) is 32.0 Å². The molecule has 4 rings (SSSR count). The standard InChI is InChI=1S/C26H31F3N4O2/c1-18(2)25(10-8-21(17-25)31-23(34)19-6-4-3-5-7-19)24(35)33-14-12-32(13-15-33)22-16-20(9-11-30-22)26(27,28)29/h3-7,9,11,16,18,21H,8,10,12-15,17H2,1-2H3,(H,31,34). The number of nitrogens with one attached hydrogen (secondary N) is 1. The zero-order chi connectivity index (χ0) is 25.2. The number of amides is 2.